The van der Waals surface area contributed by atoms with Crippen LogP contribution in [0.3, 0.4) is 0 Å². The number of carbonyl (C=O) groups is 2. The van der Waals surface area contributed by atoms with Crippen LogP contribution in [0, 0.1) is 10.1 Å². The summed E-state index contributed by atoms with van der Waals surface area (Å²) >= 11 is 7.37. The molecule has 2 heterocycles. The summed E-state index contributed by atoms with van der Waals surface area (Å²) in [6.45, 7) is 3.97. The molecule has 14 nitrogen and oxygen atoms in total. The van der Waals surface area contributed by atoms with Crippen LogP contribution in [0.25, 0.3) is 11.1 Å². The van der Waals surface area contributed by atoms with Gasteiger partial charge in [0.2, 0.25) is 5.91 Å². The average molecular weight is 829 g/mol. The molecule has 57 heavy (non-hydrogen) atoms. The Kier molecular flexibility index (Phi) is 13.4. The van der Waals surface area contributed by atoms with Crippen molar-refractivity contribution in [3.05, 3.63) is 136 Å². The summed E-state index contributed by atoms with van der Waals surface area (Å²) < 4.78 is 28.7. The topological polar surface area (TPSA) is 171 Å². The lowest BCUT2D eigenvalue weighted by atomic mass is 9.99. The first-order valence-electron chi connectivity index (χ1n) is 18.0. The molecule has 6 rings (SSSR count). The van der Waals surface area contributed by atoms with Crippen molar-refractivity contribution >= 4 is 62.3 Å². The Balaban J connectivity index is 1.07. The number of anilines is 2. The molecule has 1 aromatic heterocycles. The van der Waals surface area contributed by atoms with Crippen LogP contribution in [0.15, 0.2) is 120 Å². The van der Waals surface area contributed by atoms with Gasteiger partial charge in [-0.1, -0.05) is 59.8 Å². The maximum Gasteiger partial charge on any atom is 0.293 e. The van der Waals surface area contributed by atoms with E-state index in [0.29, 0.717) is 10.2 Å². The highest BCUT2D eigenvalue weighted by Gasteiger charge is 2.27. The van der Waals surface area contributed by atoms with Gasteiger partial charge in [-0.15, -0.1) is 0 Å². The van der Waals surface area contributed by atoms with Crippen molar-refractivity contribution in [1.29, 1.82) is 0 Å². The van der Waals surface area contributed by atoms with E-state index in [0.717, 1.165) is 50.0 Å². The highest BCUT2D eigenvalue weighted by Crippen LogP contribution is 2.31. The molecule has 1 aliphatic heterocycles. The Labute approximate surface area is 340 Å². The summed E-state index contributed by atoms with van der Waals surface area (Å²) in [6, 6.07) is 27.2. The number of hydrogen-bond acceptors (Lipinski definition) is 12. The summed E-state index contributed by atoms with van der Waals surface area (Å²) in [7, 11) is -1.30. The van der Waals surface area contributed by atoms with Gasteiger partial charge in [0.1, 0.15) is 5.69 Å². The van der Waals surface area contributed by atoms with Crippen LogP contribution in [0.2, 0.25) is 5.02 Å². The smallest absolute Gasteiger partial charge is 0.293 e. The molecular formula is C40H41ClN8O6S2. The van der Waals surface area contributed by atoms with Gasteiger partial charge in [-0.3, -0.25) is 24.6 Å². The Hall–Kier alpha value is -5.55. The standard InChI is InChI=1S/C40H41ClN8O6S2/c1-46(2)38(50)24-32(27-56-40-42-18-5-19-43-40)44-36-17-16-34(25-37(36)49(52)53)57(54,55)45-39(51)29-10-14-33(15-11-29)48-22-20-47(21-23-48)26-30-6-3-4-7-35(30)28-8-12-31(41)13-9-28/h3-19,25,32,44H,20-24,26-27H2,1-2H3,(H,45,51)/t32-/m1/s1. The molecule has 0 radical (unpaired) electrons. The summed E-state index contributed by atoms with van der Waals surface area (Å²) in [6.07, 6.45) is 3.15. The van der Waals surface area contributed by atoms with Gasteiger partial charge in [0, 0.05) is 99.8 Å². The number of halogens is 1. The third-order valence-electron chi connectivity index (χ3n) is 9.37. The minimum atomic E-state index is -4.51. The zero-order valence-electron chi connectivity index (χ0n) is 31.2. The number of nitrogens with one attached hydrogen (secondary N) is 2. The summed E-state index contributed by atoms with van der Waals surface area (Å²) in [4.78, 5) is 51.0. The van der Waals surface area contributed by atoms with E-state index in [9.17, 15) is 28.1 Å². The molecule has 0 bridgehead atoms. The van der Waals surface area contributed by atoms with Crippen LogP contribution in [-0.4, -0.2) is 97.0 Å². The lowest BCUT2D eigenvalue weighted by Gasteiger charge is -2.36. The number of carbonyl (C=O) groups excluding carboxylic acids is 2. The van der Waals surface area contributed by atoms with Crippen molar-refractivity contribution in [1.82, 2.24) is 24.5 Å². The number of thioether (sulfide) groups is 1. The predicted molar refractivity (Wildman–Crippen MR) is 222 cm³/mol. The van der Waals surface area contributed by atoms with Crippen molar-refractivity contribution < 1.29 is 22.9 Å². The van der Waals surface area contributed by atoms with Gasteiger partial charge in [0.25, 0.3) is 21.6 Å². The SMILES string of the molecule is CN(C)C(=O)C[C@H](CSc1ncccn1)Nc1ccc(S(=O)(=O)NC(=O)c2ccc(N3CCN(Cc4ccccc4-c4ccc(Cl)cc4)CC3)cc2)cc1[N+](=O)[O-]. The van der Waals surface area contributed by atoms with E-state index in [-0.39, 0.29) is 29.3 Å². The second-order valence-corrected chi connectivity index (χ2v) is 16.6. The van der Waals surface area contributed by atoms with Crippen LogP contribution in [0.1, 0.15) is 22.3 Å². The van der Waals surface area contributed by atoms with Gasteiger partial charge < -0.3 is 15.1 Å². The number of amides is 2. The van der Waals surface area contributed by atoms with E-state index < -0.39 is 37.5 Å². The molecule has 1 aliphatic rings. The first-order chi connectivity index (χ1) is 27.4. The fraction of sp³-hybridized carbons (Fsp3) is 0.250. The quantitative estimate of drug-likeness (QED) is 0.0531. The Morgan fingerprint density at radius 2 is 1.61 bits per heavy atom. The van der Waals surface area contributed by atoms with E-state index >= 15 is 0 Å². The maximum absolute atomic E-state index is 13.3. The van der Waals surface area contributed by atoms with Crippen LogP contribution < -0.4 is 14.9 Å². The minimum absolute atomic E-state index is 0.00402. The molecule has 1 atom stereocenters. The zero-order chi connectivity index (χ0) is 40.5. The molecule has 296 valence electrons. The number of hydrogen-bond donors (Lipinski definition) is 2. The number of benzene rings is 4. The van der Waals surface area contributed by atoms with Gasteiger partial charge >= 0.3 is 0 Å². The van der Waals surface area contributed by atoms with Crippen molar-refractivity contribution in [3.8, 4) is 11.1 Å². The summed E-state index contributed by atoms with van der Waals surface area (Å²) in [5.74, 6) is -0.809. The molecule has 1 saturated heterocycles. The van der Waals surface area contributed by atoms with Crippen molar-refractivity contribution in [2.45, 2.75) is 29.1 Å². The number of rotatable bonds is 15. The number of aromatic nitrogens is 2. The highest BCUT2D eigenvalue weighted by molar-refractivity contribution is 7.99. The van der Waals surface area contributed by atoms with E-state index in [1.54, 1.807) is 56.8 Å². The Morgan fingerprint density at radius 3 is 2.28 bits per heavy atom. The van der Waals surface area contributed by atoms with Gasteiger partial charge in [0.05, 0.1) is 9.82 Å². The van der Waals surface area contributed by atoms with E-state index in [4.69, 9.17) is 11.6 Å². The van der Waals surface area contributed by atoms with Crippen LogP contribution in [0.4, 0.5) is 17.1 Å². The first kappa shape index (κ1) is 41.1. The summed E-state index contributed by atoms with van der Waals surface area (Å²) in [5.41, 5.74) is 3.99. The minimum Gasteiger partial charge on any atom is -0.375 e. The number of nitro groups is 1. The number of nitrogens with zero attached hydrogens (tertiary/aromatic N) is 6. The second-order valence-electron chi connectivity index (χ2n) is 13.5. The fourth-order valence-electron chi connectivity index (χ4n) is 6.29. The maximum atomic E-state index is 13.3. The molecule has 2 amide bonds. The molecular weight excluding hydrogens is 788 g/mol. The lowest BCUT2D eigenvalue weighted by Crippen LogP contribution is -2.46. The van der Waals surface area contributed by atoms with Gasteiger partial charge in [-0.2, -0.15) is 0 Å². The van der Waals surface area contributed by atoms with E-state index in [2.05, 4.69) is 37.2 Å². The second kappa shape index (κ2) is 18.6. The van der Waals surface area contributed by atoms with Crippen molar-refractivity contribution in [2.75, 3.05) is 56.2 Å². The molecule has 17 heteroatoms. The van der Waals surface area contributed by atoms with Gasteiger partial charge in [-0.05, 0) is 71.3 Å². The van der Waals surface area contributed by atoms with Crippen molar-refractivity contribution in [3.63, 3.8) is 0 Å². The van der Waals surface area contributed by atoms with Gasteiger partial charge in [-0.25, -0.2) is 23.1 Å². The molecule has 0 spiro atoms. The van der Waals surface area contributed by atoms with Crippen molar-refractivity contribution in [2.24, 2.45) is 0 Å². The molecule has 0 saturated carbocycles. The monoisotopic (exact) mass is 828 g/mol. The molecule has 0 unspecified atom stereocenters. The molecule has 5 aromatic rings. The van der Waals surface area contributed by atoms with E-state index in [1.165, 1.54) is 39.9 Å². The Morgan fingerprint density at radius 1 is 0.930 bits per heavy atom. The van der Waals surface area contributed by atoms with Gasteiger partial charge in [0.15, 0.2) is 5.16 Å². The molecule has 1 fully saturated rings. The third kappa shape index (κ3) is 10.9. The lowest BCUT2D eigenvalue weighted by molar-refractivity contribution is -0.384. The first-order valence-corrected chi connectivity index (χ1v) is 20.8. The average Bonchev–Trinajstić information content (AvgIpc) is 3.21. The number of nitro benzene ring substituents is 1. The molecule has 4 aromatic carbocycles. The van der Waals surface area contributed by atoms with Crippen LogP contribution in [0.5, 0.6) is 0 Å². The zero-order valence-corrected chi connectivity index (χ0v) is 33.6. The van der Waals surface area contributed by atoms with Crippen LogP contribution in [-0.2, 0) is 21.4 Å². The van der Waals surface area contributed by atoms with Crippen LogP contribution >= 0.6 is 23.4 Å². The molecule has 2 N–H and O–H groups in total. The summed E-state index contributed by atoms with van der Waals surface area (Å²) in [5, 5.41) is 16.3. The fourth-order valence-corrected chi connectivity index (χ4v) is 8.23. The number of sulfonamides is 1. The predicted octanol–water partition coefficient (Wildman–Crippen LogP) is 6.20. The number of piperazine rings is 1. The largest absolute Gasteiger partial charge is 0.375 e. The van der Waals surface area contributed by atoms with E-state index in [1.807, 2.05) is 41.1 Å². The normalized spacial score (nSPS) is 13.8. The highest BCUT2D eigenvalue weighted by atomic mass is 35.5. The Bertz CT molecular complexity index is 2310. The molecule has 0 aliphatic carbocycles. The third-order valence-corrected chi connectivity index (χ3v) is 12.0.